The number of nitrogens with one attached hydrogen (secondary N) is 2. The average Bonchev–Trinajstić information content (AvgIpc) is 3.60. The molecule has 21 heteroatoms. The summed E-state index contributed by atoms with van der Waals surface area (Å²) in [4.78, 5) is 83.1. The molecule has 64 heavy (non-hydrogen) atoms. The minimum absolute atomic E-state index is 0.0808. The molecule has 1 aromatic heterocycles. The Bertz CT molecular complexity index is 2180. The van der Waals surface area contributed by atoms with Gasteiger partial charge < -0.3 is 58.5 Å². The van der Waals surface area contributed by atoms with Gasteiger partial charge in [-0.3, -0.25) is 9.59 Å². The number of urea groups is 1. The summed E-state index contributed by atoms with van der Waals surface area (Å²) in [6, 6.07) is 6.92. The third-order valence-corrected chi connectivity index (χ3v) is 10.7. The Morgan fingerprint density at radius 2 is 1.48 bits per heavy atom. The number of alkyl carbamates (subject to hydrolysis) is 1. The largest absolute Gasteiger partial charge is 0.554 e. The number of aromatic nitrogens is 2. The Kier molecular flexibility index (Phi) is 17.1. The number of amides is 5. The predicted octanol–water partition coefficient (Wildman–Crippen LogP) is 3.91. The van der Waals surface area contributed by atoms with Gasteiger partial charge in [-0.25, -0.2) is 23.8 Å². The number of carbonyl (C=O) groups excluding carboxylic acids is 6. The number of halogens is 3. The van der Waals surface area contributed by atoms with Gasteiger partial charge in [0, 0.05) is 63.9 Å². The predicted molar refractivity (Wildman–Crippen MR) is 229 cm³/mol. The third-order valence-electron chi connectivity index (χ3n) is 10.3. The molecule has 5 amide bonds. The Hall–Kier alpha value is -6.02. The van der Waals surface area contributed by atoms with E-state index in [0.29, 0.717) is 63.3 Å². The molecule has 0 saturated carbocycles. The number of quaternary nitrogens is 1. The van der Waals surface area contributed by atoms with Crippen LogP contribution in [0.2, 0.25) is 5.02 Å². The summed E-state index contributed by atoms with van der Waals surface area (Å²) >= 11 is 6.56. The number of rotatable bonds is 11. The van der Waals surface area contributed by atoms with E-state index >= 15 is 0 Å². The number of hydrogen-bond acceptors (Lipinski definition) is 11. The summed E-state index contributed by atoms with van der Waals surface area (Å²) in [5, 5.41) is 13.8. The lowest BCUT2D eigenvalue weighted by atomic mass is 10.1. The molecule has 0 aliphatic carbocycles. The minimum atomic E-state index is -1.16. The number of imidazole rings is 1. The fourth-order valence-corrected chi connectivity index (χ4v) is 7.55. The van der Waals surface area contributed by atoms with Gasteiger partial charge in [-0.05, 0) is 71.9 Å². The highest BCUT2D eigenvalue weighted by Gasteiger charge is 2.39. The normalized spacial score (nSPS) is 15.0. The van der Waals surface area contributed by atoms with Gasteiger partial charge in [-0.2, -0.15) is 4.39 Å². The van der Waals surface area contributed by atoms with E-state index in [9.17, 15) is 32.8 Å². The summed E-state index contributed by atoms with van der Waals surface area (Å²) < 4.78 is 46.7. The first-order chi connectivity index (χ1) is 30.0. The van der Waals surface area contributed by atoms with Crippen molar-refractivity contribution in [3.05, 3.63) is 64.6 Å². The van der Waals surface area contributed by atoms with Crippen LogP contribution in [0.5, 0.6) is 5.75 Å². The van der Waals surface area contributed by atoms with Gasteiger partial charge in [0.25, 0.3) is 11.8 Å². The Labute approximate surface area is 375 Å². The first kappa shape index (κ1) is 50.6. The molecule has 0 bridgehead atoms. The summed E-state index contributed by atoms with van der Waals surface area (Å²) in [6.07, 6.45) is 1.35. The number of anilines is 1. The van der Waals surface area contributed by atoms with Crippen molar-refractivity contribution < 1.29 is 61.3 Å². The molecule has 350 valence electrons. The van der Waals surface area contributed by atoms with Crippen LogP contribution in [-0.4, -0.2) is 155 Å². The van der Waals surface area contributed by atoms with Gasteiger partial charge >= 0.3 is 18.1 Å². The maximum Gasteiger partial charge on any atom is 0.407 e. The maximum atomic E-state index is 14.8. The molecule has 18 nitrogen and oxygen atoms in total. The van der Waals surface area contributed by atoms with Crippen LogP contribution >= 0.6 is 11.6 Å². The van der Waals surface area contributed by atoms with Crippen LogP contribution in [0.4, 0.5) is 24.1 Å². The molecule has 0 radical (unpaired) electrons. The monoisotopic (exact) mass is 918 g/mol. The second-order valence-corrected chi connectivity index (χ2v) is 17.7. The summed E-state index contributed by atoms with van der Waals surface area (Å²) in [7, 11) is 2.72. The van der Waals surface area contributed by atoms with Crippen molar-refractivity contribution >= 4 is 53.7 Å². The topological polar surface area (TPSA) is 205 Å². The zero-order valence-corrected chi connectivity index (χ0v) is 38.2. The van der Waals surface area contributed by atoms with Crippen LogP contribution in [0.3, 0.4) is 0 Å². The standard InChI is InChI=1S/C42H55ClF2N8O8.CH2O2/c1-41(2,3)60-33(54)26-53(21-9-14-46-39(57)61-42(4,5)6)22-19-52(20-23-53)40(58)51-17-15-50(16-18-51)38(56)28-11-10-27(24-30(28)43)48-37(55)36-47-25-31(49(36)7)29-12-13-32(59-8)35(45)34(29)44;2-1-3/h10-13,24-25H,9,14-23,26H2,1-8H3,(H-,46,48,55,56,57);1H,(H,2,3). The quantitative estimate of drug-likeness (QED) is 0.122. The number of benzene rings is 2. The zero-order chi connectivity index (χ0) is 47.6. The highest BCUT2D eigenvalue weighted by molar-refractivity contribution is 6.34. The molecular weight excluding hydrogens is 862 g/mol. The average molecular weight is 919 g/mol. The number of carboxylic acid groups (broad SMARTS) is 1. The van der Waals surface area contributed by atoms with Crippen molar-refractivity contribution in [2.24, 2.45) is 7.05 Å². The molecule has 2 aliphatic rings. The van der Waals surface area contributed by atoms with Gasteiger partial charge in [0.1, 0.15) is 11.2 Å². The SMILES string of the molecule is COc1ccc(-c2cnc(C(=O)Nc3ccc(C(=O)N4CCN(C(=O)N5CC[N+](CCCNC(=O)OC(C)(C)C)(CC(=O)OC(C)(C)C)CC5)CC4)c(Cl)c3)n2C)c(F)c1F.O=C[O-]. The van der Waals surface area contributed by atoms with Crippen LogP contribution in [0, 0.1) is 11.6 Å². The molecule has 2 saturated heterocycles. The minimum Gasteiger partial charge on any atom is -0.554 e. The molecule has 5 rings (SSSR count). The molecule has 0 unspecified atom stereocenters. The van der Waals surface area contributed by atoms with Crippen molar-refractivity contribution in [3.8, 4) is 17.0 Å². The molecule has 2 aromatic carbocycles. The fraction of sp³-hybridized carbons (Fsp3) is 0.512. The van der Waals surface area contributed by atoms with Crippen LogP contribution in [0.1, 0.15) is 68.9 Å². The lowest BCUT2D eigenvalue weighted by Gasteiger charge is -2.46. The number of esters is 1. The van der Waals surface area contributed by atoms with E-state index in [4.69, 9.17) is 35.7 Å². The van der Waals surface area contributed by atoms with E-state index < -0.39 is 41.3 Å². The van der Waals surface area contributed by atoms with E-state index in [-0.39, 0.29) is 76.6 Å². The smallest absolute Gasteiger partial charge is 0.407 e. The number of carbonyl (C=O) groups is 6. The Morgan fingerprint density at radius 1 is 0.891 bits per heavy atom. The van der Waals surface area contributed by atoms with Crippen molar-refractivity contribution in [2.45, 2.75) is 59.2 Å². The van der Waals surface area contributed by atoms with E-state index in [0.717, 1.165) is 0 Å². The second kappa shape index (κ2) is 21.6. The molecule has 0 atom stereocenters. The lowest BCUT2D eigenvalue weighted by Crippen LogP contribution is -2.65. The zero-order valence-electron chi connectivity index (χ0n) is 37.4. The van der Waals surface area contributed by atoms with Crippen LogP contribution in [0.15, 0.2) is 36.5 Å². The van der Waals surface area contributed by atoms with Crippen molar-refractivity contribution in [1.82, 2.24) is 29.6 Å². The Morgan fingerprint density at radius 3 is 2.06 bits per heavy atom. The highest BCUT2D eigenvalue weighted by Crippen LogP contribution is 2.31. The molecule has 2 fully saturated rings. The fourth-order valence-electron chi connectivity index (χ4n) is 7.29. The van der Waals surface area contributed by atoms with Gasteiger partial charge in [-0.1, -0.05) is 11.6 Å². The van der Waals surface area contributed by atoms with Crippen molar-refractivity contribution in [3.63, 3.8) is 0 Å². The molecule has 0 spiro atoms. The molecule has 3 heterocycles. The Balaban J connectivity index is 0.00000291. The van der Waals surface area contributed by atoms with Crippen LogP contribution in [0.25, 0.3) is 11.3 Å². The first-order valence-electron chi connectivity index (χ1n) is 20.6. The number of hydrogen-bond donors (Lipinski definition) is 2. The molecule has 2 N–H and O–H groups in total. The van der Waals surface area contributed by atoms with Gasteiger partial charge in [0.05, 0.1) is 62.3 Å². The van der Waals surface area contributed by atoms with E-state index in [2.05, 4.69) is 15.6 Å². The van der Waals surface area contributed by atoms with Gasteiger partial charge in [-0.15, -0.1) is 0 Å². The third kappa shape index (κ3) is 13.5. The number of nitrogens with zero attached hydrogens (tertiary/aromatic N) is 6. The summed E-state index contributed by atoms with van der Waals surface area (Å²) in [5.74, 6) is -3.94. The number of piperazine rings is 2. The molecular formula is C43H57ClF2N8O10. The summed E-state index contributed by atoms with van der Waals surface area (Å²) in [6.45, 7) is 14.5. The van der Waals surface area contributed by atoms with E-state index in [1.165, 1.54) is 55.3 Å². The van der Waals surface area contributed by atoms with E-state index in [1.807, 2.05) is 20.8 Å². The second-order valence-electron chi connectivity index (χ2n) is 17.3. The van der Waals surface area contributed by atoms with Crippen LogP contribution < -0.4 is 20.5 Å². The van der Waals surface area contributed by atoms with Gasteiger partial charge in [0.2, 0.25) is 5.82 Å². The van der Waals surface area contributed by atoms with Crippen molar-refractivity contribution in [1.29, 1.82) is 0 Å². The first-order valence-corrected chi connectivity index (χ1v) is 21.0. The summed E-state index contributed by atoms with van der Waals surface area (Å²) in [5.41, 5.74) is -0.710. The number of ether oxygens (including phenoxy) is 3. The lowest BCUT2D eigenvalue weighted by molar-refractivity contribution is -0.925. The number of methoxy groups -OCH3 is 1. The van der Waals surface area contributed by atoms with Gasteiger partial charge in [0.15, 0.2) is 23.9 Å². The van der Waals surface area contributed by atoms with Crippen molar-refractivity contribution in [2.75, 3.05) is 84.4 Å². The molecule has 2 aliphatic heterocycles. The van der Waals surface area contributed by atoms with E-state index in [1.54, 1.807) is 35.5 Å². The highest BCUT2D eigenvalue weighted by atomic mass is 35.5. The van der Waals surface area contributed by atoms with Crippen LogP contribution in [-0.2, 0) is 26.1 Å². The molecule has 3 aromatic rings. The maximum absolute atomic E-state index is 14.8.